The smallest absolute Gasteiger partial charge is 0.258 e. The largest absolute Gasteiger partial charge is 0.508 e. The van der Waals surface area contributed by atoms with Gasteiger partial charge in [0.05, 0.1) is 23.6 Å². The summed E-state index contributed by atoms with van der Waals surface area (Å²) < 4.78 is 0. The Morgan fingerprint density at radius 1 is 1.10 bits per heavy atom. The number of nitrogens with zero attached hydrogens (tertiary/aromatic N) is 1. The van der Waals surface area contributed by atoms with Gasteiger partial charge in [0, 0.05) is 17.0 Å². The lowest BCUT2D eigenvalue weighted by Crippen LogP contribution is -2.70. The van der Waals surface area contributed by atoms with Gasteiger partial charge in [-0.3, -0.25) is 19.3 Å². The van der Waals surface area contributed by atoms with Crippen molar-refractivity contribution < 1.29 is 39.9 Å². The molecule has 0 aliphatic heterocycles. The van der Waals surface area contributed by atoms with Crippen LogP contribution in [0.25, 0.3) is 5.76 Å². The molecule has 0 unspecified atom stereocenters. The van der Waals surface area contributed by atoms with E-state index < -0.39 is 75.6 Å². The maximum Gasteiger partial charge on any atom is 0.258 e. The second-order valence-electron chi connectivity index (χ2n) is 12.1. The molecule has 0 spiro atoms. The minimum absolute atomic E-state index is 0.00326. The third-order valence-corrected chi connectivity index (χ3v) is 9.84. The lowest BCUT2D eigenvalue weighted by Gasteiger charge is -2.54. The second kappa shape index (κ2) is 9.71. The maximum atomic E-state index is 14.2. The van der Waals surface area contributed by atoms with Crippen molar-refractivity contribution in [3.05, 3.63) is 46.2 Å². The van der Waals surface area contributed by atoms with E-state index in [9.17, 15) is 39.9 Å². The molecule has 4 aliphatic rings. The summed E-state index contributed by atoms with van der Waals surface area (Å²) in [5, 5.41) is 60.0. The number of carbonyl (C=O) groups is 3. The maximum absolute atomic E-state index is 14.2. The van der Waals surface area contributed by atoms with Crippen LogP contribution < -0.4 is 5.32 Å². The Morgan fingerprint density at radius 3 is 2.35 bits per heavy atom. The summed E-state index contributed by atoms with van der Waals surface area (Å²) in [6, 6.07) is 3.26. The molecule has 10 nitrogen and oxygen atoms in total. The Labute approximate surface area is 233 Å². The first-order chi connectivity index (χ1) is 18.8. The van der Waals surface area contributed by atoms with Gasteiger partial charge in [0.15, 0.2) is 11.4 Å². The summed E-state index contributed by atoms with van der Waals surface area (Å²) in [4.78, 5) is 43.2. The Bertz CT molecular complexity index is 1340. The van der Waals surface area contributed by atoms with E-state index in [2.05, 4.69) is 5.32 Å². The van der Waals surface area contributed by atoms with Crippen LogP contribution in [0.3, 0.4) is 0 Å². The van der Waals surface area contributed by atoms with Crippen LogP contribution in [-0.4, -0.2) is 85.3 Å². The molecule has 4 aliphatic carbocycles. The normalized spacial score (nSPS) is 33.4. The highest BCUT2D eigenvalue weighted by Gasteiger charge is 2.68. The molecule has 1 amide bonds. The fourth-order valence-electron chi connectivity index (χ4n) is 7.66. The number of fused-ring (bicyclic) bond motifs is 3. The molecule has 1 aromatic carbocycles. The molecular weight excluding hydrogens is 516 g/mol. The topological polar surface area (TPSA) is 168 Å². The predicted molar refractivity (Wildman–Crippen MR) is 145 cm³/mol. The van der Waals surface area contributed by atoms with Crippen LogP contribution in [0.5, 0.6) is 5.75 Å². The molecule has 0 bridgehead atoms. The van der Waals surface area contributed by atoms with Gasteiger partial charge in [0.1, 0.15) is 22.8 Å². The van der Waals surface area contributed by atoms with Crippen LogP contribution in [0, 0.1) is 11.8 Å². The van der Waals surface area contributed by atoms with E-state index in [-0.39, 0.29) is 16.9 Å². The number of hydrogen-bond donors (Lipinski definition) is 6. The molecule has 0 heterocycles. The summed E-state index contributed by atoms with van der Waals surface area (Å²) in [5.74, 6) is -8.00. The molecule has 0 radical (unpaired) electrons. The lowest BCUT2D eigenvalue weighted by molar-refractivity contribution is -0.169. The van der Waals surface area contributed by atoms with Crippen LogP contribution in [0.1, 0.15) is 69.4 Å². The highest BCUT2D eigenvalue weighted by Crippen LogP contribution is 2.56. The van der Waals surface area contributed by atoms with Crippen LogP contribution in [0.2, 0.25) is 0 Å². The number of ketones is 2. The number of rotatable bonds is 4. The van der Waals surface area contributed by atoms with E-state index in [1.54, 1.807) is 19.1 Å². The van der Waals surface area contributed by atoms with E-state index >= 15 is 0 Å². The van der Waals surface area contributed by atoms with Crippen molar-refractivity contribution in [1.82, 2.24) is 10.2 Å². The van der Waals surface area contributed by atoms with Gasteiger partial charge in [-0.05, 0) is 50.9 Å². The van der Waals surface area contributed by atoms with Crippen molar-refractivity contribution in [2.75, 3.05) is 14.1 Å². The van der Waals surface area contributed by atoms with E-state index in [0.717, 1.165) is 19.3 Å². The Balaban J connectivity index is 1.70. The molecule has 0 aromatic heterocycles. The molecule has 2 saturated carbocycles. The van der Waals surface area contributed by atoms with E-state index in [0.29, 0.717) is 24.8 Å². The number of phenolic OH excluding ortho intramolecular Hbond substituents is 1. The first-order valence-electron chi connectivity index (χ1n) is 14.0. The molecule has 216 valence electrons. The van der Waals surface area contributed by atoms with Crippen LogP contribution >= 0.6 is 0 Å². The van der Waals surface area contributed by atoms with Gasteiger partial charge in [0.2, 0.25) is 5.78 Å². The Kier molecular flexibility index (Phi) is 6.88. The number of aromatic hydroxyl groups is 1. The molecule has 6 N–H and O–H groups in total. The van der Waals surface area contributed by atoms with Crippen molar-refractivity contribution >= 4 is 23.2 Å². The number of benzene rings is 1. The van der Waals surface area contributed by atoms with Gasteiger partial charge >= 0.3 is 0 Å². The fourth-order valence-corrected chi connectivity index (χ4v) is 7.66. The predicted octanol–water partition coefficient (Wildman–Crippen LogP) is 2.24. The average molecular weight is 555 g/mol. The van der Waals surface area contributed by atoms with Crippen molar-refractivity contribution in [3.63, 3.8) is 0 Å². The molecule has 0 saturated heterocycles. The van der Waals surface area contributed by atoms with Gasteiger partial charge in [-0.2, -0.15) is 0 Å². The number of phenols is 1. The summed E-state index contributed by atoms with van der Waals surface area (Å²) in [7, 11) is 3.07. The summed E-state index contributed by atoms with van der Waals surface area (Å²) in [6.45, 7) is 3.65. The van der Waals surface area contributed by atoms with E-state index in [1.165, 1.54) is 25.1 Å². The zero-order valence-electron chi connectivity index (χ0n) is 23.3. The number of hydrogen-bond acceptors (Lipinski definition) is 9. The van der Waals surface area contributed by atoms with Crippen LogP contribution in [0.4, 0.5) is 0 Å². The Hall–Kier alpha value is -3.21. The van der Waals surface area contributed by atoms with Gasteiger partial charge in [0.25, 0.3) is 5.91 Å². The Morgan fingerprint density at radius 2 is 1.75 bits per heavy atom. The average Bonchev–Trinajstić information content (AvgIpc) is 2.91. The van der Waals surface area contributed by atoms with Crippen LogP contribution in [-0.2, 0) is 14.4 Å². The number of likely N-dealkylation sites (N-methyl/N-ethyl adjacent to an activating group) is 1. The molecule has 6 atom stereocenters. The van der Waals surface area contributed by atoms with Gasteiger partial charge in [-0.1, -0.05) is 45.2 Å². The lowest BCUT2D eigenvalue weighted by atomic mass is 9.54. The molecule has 10 heteroatoms. The van der Waals surface area contributed by atoms with Gasteiger partial charge in [-0.25, -0.2) is 0 Å². The number of nitrogens with one attached hydrogen (secondary N) is 1. The molecule has 5 rings (SSSR count). The van der Waals surface area contributed by atoms with E-state index in [1.807, 2.05) is 6.92 Å². The monoisotopic (exact) mass is 554 g/mol. The van der Waals surface area contributed by atoms with Gasteiger partial charge in [-0.15, -0.1) is 0 Å². The number of amides is 1. The number of aliphatic hydroxyl groups is 4. The summed E-state index contributed by atoms with van der Waals surface area (Å²) >= 11 is 0. The van der Waals surface area contributed by atoms with Crippen LogP contribution in [0.15, 0.2) is 35.1 Å². The fraction of sp³-hybridized carbons (Fsp3) is 0.567. The molecule has 40 heavy (non-hydrogen) atoms. The van der Waals surface area contributed by atoms with Gasteiger partial charge < -0.3 is 30.8 Å². The van der Waals surface area contributed by atoms with Crippen molar-refractivity contribution in [2.45, 2.75) is 81.6 Å². The van der Waals surface area contributed by atoms with Crippen molar-refractivity contribution in [3.8, 4) is 5.75 Å². The van der Waals surface area contributed by atoms with Crippen molar-refractivity contribution in [2.24, 2.45) is 11.8 Å². The second-order valence-corrected chi connectivity index (χ2v) is 12.1. The highest BCUT2D eigenvalue weighted by molar-refractivity contribution is 6.25. The third kappa shape index (κ3) is 3.76. The quantitative estimate of drug-likeness (QED) is 0.306. The van der Waals surface area contributed by atoms with Crippen molar-refractivity contribution in [1.29, 1.82) is 0 Å². The minimum atomic E-state index is -2.87. The SMILES string of the molecule is CCC1(NC(=O)C2=C(O)[C@@]3(O)C(=O)C4=C(O)c5c(O)cccc5[C@H](C)[C@@H]4[C@H](O)[C@H]3[C@H](N(C)C)C2=O)CCCCC1. The zero-order valence-corrected chi connectivity index (χ0v) is 23.3. The first-order valence-corrected chi connectivity index (χ1v) is 14.0. The molecule has 1 aromatic rings. The standard InChI is InChI=1S/C30H38N2O8/c1-5-29(12-7-6-8-13-29)31-28(39)20-25(36)22(32(3)4)21-24(35)17-14(2)15-10-9-11-16(33)18(15)23(34)19(17)26(37)30(21,40)27(20)38/h9-11,14,17,21-22,24,33-35,38,40H,5-8,12-13H2,1-4H3,(H,31,39)/t14-,17-,21+,22-,24-,30-/m0/s1. The van der Waals surface area contributed by atoms with E-state index in [4.69, 9.17) is 0 Å². The third-order valence-electron chi connectivity index (χ3n) is 9.84. The highest BCUT2D eigenvalue weighted by atomic mass is 16.4. The molecule has 2 fully saturated rings. The number of aliphatic hydroxyl groups excluding tert-OH is 3. The minimum Gasteiger partial charge on any atom is -0.508 e. The number of carbonyl (C=O) groups excluding carboxylic acids is 3. The first kappa shape index (κ1) is 28.3. The number of Topliss-reactive ketones (excluding diaryl/α,β-unsaturated/α-hetero) is 2. The summed E-state index contributed by atoms with van der Waals surface area (Å²) in [5.41, 5.74) is -4.04. The zero-order chi connectivity index (χ0) is 29.3. The summed E-state index contributed by atoms with van der Waals surface area (Å²) in [6.07, 6.45) is 3.24. The molecular formula is C30H38N2O8.